The van der Waals surface area contributed by atoms with E-state index in [-0.39, 0.29) is 12.1 Å². The molecule has 1 aromatic rings. The van der Waals surface area contributed by atoms with Crippen molar-refractivity contribution in [2.45, 2.75) is 38.0 Å². The van der Waals surface area contributed by atoms with Crippen molar-refractivity contribution in [2.75, 3.05) is 0 Å². The smallest absolute Gasteiger partial charge is 0.0720 e. The predicted octanol–water partition coefficient (Wildman–Crippen LogP) is 3.43. The third-order valence-electron chi connectivity index (χ3n) is 2.90. The first kappa shape index (κ1) is 11.0. The van der Waals surface area contributed by atoms with Crippen LogP contribution in [0.4, 0.5) is 0 Å². The van der Waals surface area contributed by atoms with Gasteiger partial charge < -0.3 is 4.74 Å². The van der Waals surface area contributed by atoms with Gasteiger partial charge in [-0.3, -0.25) is 0 Å². The molecule has 2 rings (SSSR count). The minimum absolute atomic E-state index is 0.130. The maximum absolute atomic E-state index is 8.34. The summed E-state index contributed by atoms with van der Waals surface area (Å²) in [5.41, 5.74) is 9.53. The molecule has 1 saturated carbocycles. The Hall–Kier alpha value is -1.51. The molecule has 1 aromatic carbocycles. The second-order valence-electron chi connectivity index (χ2n) is 4.09. The van der Waals surface area contributed by atoms with Crippen LogP contribution in [-0.4, -0.2) is 12.1 Å². The number of hydrogen-bond donors (Lipinski definition) is 0. The molecule has 0 aromatic heterocycles. The molecule has 16 heavy (non-hydrogen) atoms. The Bertz CT molecular complexity index is 373. The quantitative estimate of drug-likeness (QED) is 0.433. The van der Waals surface area contributed by atoms with E-state index in [1.807, 2.05) is 18.2 Å². The van der Waals surface area contributed by atoms with Crippen molar-refractivity contribution in [3.05, 3.63) is 46.3 Å². The van der Waals surface area contributed by atoms with Gasteiger partial charge in [-0.1, -0.05) is 35.4 Å². The Labute approximate surface area is 94.9 Å². The highest BCUT2D eigenvalue weighted by Crippen LogP contribution is 2.25. The third kappa shape index (κ3) is 2.99. The molecule has 1 fully saturated rings. The first-order valence-electron chi connectivity index (χ1n) is 5.58. The van der Waals surface area contributed by atoms with Crippen LogP contribution in [0, 0.1) is 0 Å². The van der Waals surface area contributed by atoms with Crippen LogP contribution in [0.25, 0.3) is 10.4 Å². The van der Waals surface area contributed by atoms with E-state index in [0.29, 0.717) is 6.61 Å². The third-order valence-corrected chi connectivity index (χ3v) is 2.90. The van der Waals surface area contributed by atoms with Crippen molar-refractivity contribution in [2.24, 2.45) is 5.11 Å². The van der Waals surface area contributed by atoms with Gasteiger partial charge in [0, 0.05) is 11.0 Å². The molecule has 4 nitrogen and oxygen atoms in total. The van der Waals surface area contributed by atoms with Gasteiger partial charge in [-0.25, -0.2) is 0 Å². The molecule has 1 aliphatic rings. The monoisotopic (exact) mass is 217 g/mol. The molecule has 2 atom stereocenters. The summed E-state index contributed by atoms with van der Waals surface area (Å²) in [4.78, 5) is 2.84. The Morgan fingerprint density at radius 1 is 1.31 bits per heavy atom. The highest BCUT2D eigenvalue weighted by molar-refractivity contribution is 5.13. The van der Waals surface area contributed by atoms with Crippen LogP contribution in [0.2, 0.25) is 0 Å². The normalized spacial score (nSPS) is 24.0. The lowest BCUT2D eigenvalue weighted by Gasteiger charge is -2.11. The van der Waals surface area contributed by atoms with Crippen LogP contribution >= 0.6 is 0 Å². The Morgan fingerprint density at radius 3 is 2.88 bits per heavy atom. The van der Waals surface area contributed by atoms with Crippen molar-refractivity contribution in [1.29, 1.82) is 0 Å². The van der Waals surface area contributed by atoms with Crippen molar-refractivity contribution in [3.8, 4) is 0 Å². The lowest BCUT2D eigenvalue weighted by atomic mass is 10.2. The number of hydrogen-bond acceptors (Lipinski definition) is 2. The highest BCUT2D eigenvalue weighted by atomic mass is 16.5. The number of benzene rings is 1. The fraction of sp³-hybridized carbons (Fsp3) is 0.500. The maximum Gasteiger partial charge on any atom is 0.0720 e. The van der Waals surface area contributed by atoms with E-state index in [2.05, 4.69) is 22.2 Å². The topological polar surface area (TPSA) is 58.0 Å². The van der Waals surface area contributed by atoms with Crippen molar-refractivity contribution >= 4 is 0 Å². The highest BCUT2D eigenvalue weighted by Gasteiger charge is 2.24. The zero-order valence-electron chi connectivity index (χ0n) is 9.12. The van der Waals surface area contributed by atoms with Gasteiger partial charge in [0.2, 0.25) is 0 Å². The van der Waals surface area contributed by atoms with Gasteiger partial charge in [-0.15, -0.1) is 0 Å². The zero-order chi connectivity index (χ0) is 11.2. The average molecular weight is 217 g/mol. The van der Waals surface area contributed by atoms with Gasteiger partial charge in [0.15, 0.2) is 0 Å². The Kier molecular flexibility index (Phi) is 3.81. The van der Waals surface area contributed by atoms with Crippen LogP contribution in [-0.2, 0) is 11.3 Å². The minimum Gasteiger partial charge on any atom is -0.374 e. The summed E-state index contributed by atoms with van der Waals surface area (Å²) >= 11 is 0. The Morgan fingerprint density at radius 2 is 2.12 bits per heavy atom. The van der Waals surface area contributed by atoms with E-state index < -0.39 is 0 Å². The number of azide groups is 1. The molecule has 0 aliphatic heterocycles. The standard InChI is InChI=1S/C12H15N3O/c13-15-14-11-6-7-12(8-11)16-9-10-4-2-1-3-5-10/h1-5,11-12H,6-9H2/t11-,12-/m1/s1. The molecule has 1 aliphatic carbocycles. The summed E-state index contributed by atoms with van der Waals surface area (Å²) in [6.07, 6.45) is 3.05. The summed E-state index contributed by atoms with van der Waals surface area (Å²) in [6, 6.07) is 10.3. The first-order chi connectivity index (χ1) is 7.88. The number of ether oxygens (including phenoxy) is 1. The van der Waals surface area contributed by atoms with E-state index >= 15 is 0 Å². The summed E-state index contributed by atoms with van der Waals surface area (Å²) < 4.78 is 5.78. The van der Waals surface area contributed by atoms with Crippen LogP contribution in [0.5, 0.6) is 0 Å². The zero-order valence-corrected chi connectivity index (χ0v) is 9.12. The second kappa shape index (κ2) is 5.54. The molecule has 4 heteroatoms. The second-order valence-corrected chi connectivity index (χ2v) is 4.09. The average Bonchev–Trinajstić information content (AvgIpc) is 2.76. The minimum atomic E-state index is 0.130. The van der Waals surface area contributed by atoms with Gasteiger partial charge in [0.1, 0.15) is 0 Å². The van der Waals surface area contributed by atoms with Crippen LogP contribution in [0.15, 0.2) is 35.4 Å². The number of nitrogens with zero attached hydrogens (tertiary/aromatic N) is 3. The van der Waals surface area contributed by atoms with Crippen molar-refractivity contribution < 1.29 is 4.74 Å². The predicted molar refractivity (Wildman–Crippen MR) is 61.8 cm³/mol. The molecular weight excluding hydrogens is 202 g/mol. The van der Waals surface area contributed by atoms with Gasteiger partial charge in [0.25, 0.3) is 0 Å². The first-order valence-corrected chi connectivity index (χ1v) is 5.58. The SMILES string of the molecule is [N-]=[N+]=N[C@@H]1CC[C@@H](OCc2ccccc2)C1. The van der Waals surface area contributed by atoms with Gasteiger partial charge in [-0.2, -0.15) is 0 Å². The molecule has 0 radical (unpaired) electrons. The summed E-state index contributed by atoms with van der Waals surface area (Å²) in [6.45, 7) is 0.647. The van der Waals surface area contributed by atoms with Crippen LogP contribution in [0.3, 0.4) is 0 Å². The fourth-order valence-corrected chi connectivity index (χ4v) is 2.04. The maximum atomic E-state index is 8.34. The van der Waals surface area contributed by atoms with Gasteiger partial charge in [-0.05, 0) is 30.4 Å². The van der Waals surface area contributed by atoms with E-state index in [0.717, 1.165) is 19.3 Å². The molecular formula is C12H15N3O. The molecule has 0 bridgehead atoms. The summed E-state index contributed by atoms with van der Waals surface area (Å²) in [5.74, 6) is 0. The summed E-state index contributed by atoms with van der Waals surface area (Å²) in [7, 11) is 0. The molecule has 84 valence electrons. The van der Waals surface area contributed by atoms with Gasteiger partial charge in [0.05, 0.1) is 12.7 Å². The lowest BCUT2D eigenvalue weighted by molar-refractivity contribution is 0.0448. The molecule has 0 heterocycles. The number of rotatable bonds is 4. The lowest BCUT2D eigenvalue weighted by Crippen LogP contribution is -2.09. The van der Waals surface area contributed by atoms with Crippen LogP contribution in [0.1, 0.15) is 24.8 Å². The summed E-state index contributed by atoms with van der Waals surface area (Å²) in [5, 5.41) is 3.73. The molecule has 0 N–H and O–H groups in total. The van der Waals surface area contributed by atoms with E-state index in [9.17, 15) is 0 Å². The van der Waals surface area contributed by atoms with Crippen molar-refractivity contribution in [3.63, 3.8) is 0 Å². The fourth-order valence-electron chi connectivity index (χ4n) is 2.04. The largest absolute Gasteiger partial charge is 0.374 e. The molecule has 0 unspecified atom stereocenters. The molecule has 0 saturated heterocycles. The van der Waals surface area contributed by atoms with E-state index in [1.54, 1.807) is 0 Å². The van der Waals surface area contributed by atoms with E-state index in [4.69, 9.17) is 10.3 Å². The Balaban J connectivity index is 1.78. The molecule has 0 amide bonds. The van der Waals surface area contributed by atoms with Crippen molar-refractivity contribution in [1.82, 2.24) is 0 Å². The van der Waals surface area contributed by atoms with Crippen LogP contribution < -0.4 is 0 Å². The van der Waals surface area contributed by atoms with E-state index in [1.165, 1.54) is 5.56 Å². The van der Waals surface area contributed by atoms with Gasteiger partial charge >= 0.3 is 0 Å². The molecule has 0 spiro atoms.